The van der Waals surface area contributed by atoms with Gasteiger partial charge >= 0.3 is 0 Å². The monoisotopic (exact) mass is 226 g/mol. The molecular formula is C10H18N4O2. The SMILES string of the molecule is CCC(CC)N(CCO)C(=O)c1cn[nH]n1. The van der Waals surface area contributed by atoms with Crippen molar-refractivity contribution < 1.29 is 9.90 Å². The number of H-pyrrole nitrogens is 1. The minimum atomic E-state index is -0.184. The van der Waals surface area contributed by atoms with Gasteiger partial charge in [-0.15, -0.1) is 0 Å². The molecule has 0 fully saturated rings. The van der Waals surface area contributed by atoms with E-state index < -0.39 is 0 Å². The first-order valence-electron chi connectivity index (χ1n) is 5.52. The van der Waals surface area contributed by atoms with Gasteiger partial charge in [0.2, 0.25) is 0 Å². The Hall–Kier alpha value is -1.43. The van der Waals surface area contributed by atoms with E-state index in [1.165, 1.54) is 6.20 Å². The van der Waals surface area contributed by atoms with Crippen molar-refractivity contribution in [2.75, 3.05) is 13.2 Å². The number of aliphatic hydroxyl groups is 1. The zero-order chi connectivity index (χ0) is 12.0. The Morgan fingerprint density at radius 2 is 2.25 bits per heavy atom. The number of carbonyl (C=O) groups is 1. The Labute approximate surface area is 94.7 Å². The normalized spacial score (nSPS) is 10.8. The van der Waals surface area contributed by atoms with Crippen LogP contribution in [0.15, 0.2) is 6.20 Å². The summed E-state index contributed by atoms with van der Waals surface area (Å²) in [4.78, 5) is 13.7. The molecule has 0 atom stereocenters. The van der Waals surface area contributed by atoms with E-state index in [9.17, 15) is 4.79 Å². The first kappa shape index (κ1) is 12.6. The first-order valence-corrected chi connectivity index (χ1v) is 5.52. The minimum Gasteiger partial charge on any atom is -0.395 e. The number of nitrogens with one attached hydrogen (secondary N) is 1. The van der Waals surface area contributed by atoms with Crippen LogP contribution in [0, 0.1) is 0 Å². The van der Waals surface area contributed by atoms with E-state index in [1.807, 2.05) is 13.8 Å². The molecule has 1 aromatic heterocycles. The van der Waals surface area contributed by atoms with E-state index in [0.717, 1.165) is 12.8 Å². The van der Waals surface area contributed by atoms with E-state index in [4.69, 9.17) is 5.11 Å². The lowest BCUT2D eigenvalue weighted by Crippen LogP contribution is -2.41. The molecule has 0 unspecified atom stereocenters. The molecule has 6 heteroatoms. The highest BCUT2D eigenvalue weighted by Gasteiger charge is 2.23. The molecule has 0 radical (unpaired) electrons. The van der Waals surface area contributed by atoms with E-state index in [-0.39, 0.29) is 18.6 Å². The van der Waals surface area contributed by atoms with Crippen LogP contribution in [0.3, 0.4) is 0 Å². The summed E-state index contributed by atoms with van der Waals surface area (Å²) in [6.07, 6.45) is 3.12. The van der Waals surface area contributed by atoms with Gasteiger partial charge in [-0.05, 0) is 12.8 Å². The van der Waals surface area contributed by atoms with Gasteiger partial charge in [0, 0.05) is 12.6 Å². The summed E-state index contributed by atoms with van der Waals surface area (Å²) in [6, 6.07) is 0.136. The van der Waals surface area contributed by atoms with Crippen molar-refractivity contribution in [3.63, 3.8) is 0 Å². The van der Waals surface area contributed by atoms with Crippen LogP contribution in [0.2, 0.25) is 0 Å². The maximum Gasteiger partial charge on any atom is 0.276 e. The molecule has 0 aliphatic carbocycles. The van der Waals surface area contributed by atoms with Gasteiger partial charge in [0.05, 0.1) is 12.8 Å². The summed E-state index contributed by atoms with van der Waals surface area (Å²) < 4.78 is 0. The van der Waals surface area contributed by atoms with Crippen molar-refractivity contribution in [1.29, 1.82) is 0 Å². The van der Waals surface area contributed by atoms with Crippen molar-refractivity contribution in [1.82, 2.24) is 20.3 Å². The fourth-order valence-electron chi connectivity index (χ4n) is 1.74. The molecule has 90 valence electrons. The van der Waals surface area contributed by atoms with Gasteiger partial charge in [-0.2, -0.15) is 15.4 Å². The number of rotatable bonds is 6. The Morgan fingerprint density at radius 3 is 2.69 bits per heavy atom. The second-order valence-corrected chi connectivity index (χ2v) is 3.55. The van der Waals surface area contributed by atoms with Crippen LogP contribution in [-0.4, -0.2) is 50.5 Å². The first-order chi connectivity index (χ1) is 7.74. The molecule has 0 aliphatic heterocycles. The van der Waals surface area contributed by atoms with E-state index >= 15 is 0 Å². The van der Waals surface area contributed by atoms with Crippen LogP contribution in [0.4, 0.5) is 0 Å². The quantitative estimate of drug-likeness (QED) is 0.736. The average molecular weight is 226 g/mol. The molecule has 1 aromatic rings. The lowest BCUT2D eigenvalue weighted by atomic mass is 10.1. The molecule has 1 rings (SSSR count). The van der Waals surface area contributed by atoms with Crippen LogP contribution in [0.1, 0.15) is 37.2 Å². The second-order valence-electron chi connectivity index (χ2n) is 3.55. The van der Waals surface area contributed by atoms with E-state index in [1.54, 1.807) is 4.90 Å². The second kappa shape index (κ2) is 6.22. The lowest BCUT2D eigenvalue weighted by molar-refractivity contribution is 0.0616. The number of amides is 1. The van der Waals surface area contributed by atoms with Crippen molar-refractivity contribution >= 4 is 5.91 Å². The van der Waals surface area contributed by atoms with Crippen LogP contribution < -0.4 is 0 Å². The number of aromatic amines is 1. The standard InChI is InChI=1S/C10H18N4O2/c1-3-8(4-2)14(5-6-15)10(16)9-7-11-13-12-9/h7-8,15H,3-6H2,1-2H3,(H,11,12,13). The molecule has 0 spiro atoms. The molecule has 0 saturated heterocycles. The molecule has 0 aromatic carbocycles. The zero-order valence-corrected chi connectivity index (χ0v) is 9.68. The number of hydrogen-bond acceptors (Lipinski definition) is 4. The fourth-order valence-corrected chi connectivity index (χ4v) is 1.74. The Morgan fingerprint density at radius 1 is 1.56 bits per heavy atom. The minimum absolute atomic E-state index is 0.0416. The summed E-state index contributed by atoms with van der Waals surface area (Å²) in [5.74, 6) is -0.184. The molecule has 1 amide bonds. The van der Waals surface area contributed by atoms with Crippen LogP contribution in [0.5, 0.6) is 0 Å². The van der Waals surface area contributed by atoms with Crippen LogP contribution in [-0.2, 0) is 0 Å². The maximum absolute atomic E-state index is 12.0. The molecule has 0 bridgehead atoms. The molecule has 1 heterocycles. The van der Waals surface area contributed by atoms with Crippen molar-refractivity contribution in [3.8, 4) is 0 Å². The summed E-state index contributed by atoms with van der Waals surface area (Å²) >= 11 is 0. The van der Waals surface area contributed by atoms with E-state index in [2.05, 4.69) is 15.4 Å². The largest absolute Gasteiger partial charge is 0.395 e. The number of hydrogen-bond donors (Lipinski definition) is 2. The summed E-state index contributed by atoms with van der Waals surface area (Å²) in [6.45, 7) is 4.33. The maximum atomic E-state index is 12.0. The molecule has 16 heavy (non-hydrogen) atoms. The number of aliphatic hydroxyl groups excluding tert-OH is 1. The van der Waals surface area contributed by atoms with Gasteiger partial charge in [-0.3, -0.25) is 4.79 Å². The van der Waals surface area contributed by atoms with Crippen LogP contribution in [0.25, 0.3) is 0 Å². The topological polar surface area (TPSA) is 82.1 Å². The third-order valence-corrected chi connectivity index (χ3v) is 2.62. The van der Waals surface area contributed by atoms with Gasteiger partial charge in [-0.25, -0.2) is 0 Å². The van der Waals surface area contributed by atoms with E-state index in [0.29, 0.717) is 12.2 Å². The van der Waals surface area contributed by atoms with Gasteiger partial charge in [-0.1, -0.05) is 13.8 Å². The predicted molar refractivity (Wildman–Crippen MR) is 58.9 cm³/mol. The third kappa shape index (κ3) is 2.79. The number of carbonyl (C=O) groups excluding carboxylic acids is 1. The molecule has 0 aliphatic rings. The zero-order valence-electron chi connectivity index (χ0n) is 9.68. The van der Waals surface area contributed by atoms with Gasteiger partial charge < -0.3 is 10.0 Å². The highest BCUT2D eigenvalue weighted by molar-refractivity contribution is 5.92. The molecule has 2 N–H and O–H groups in total. The molecule has 0 saturated carbocycles. The summed E-state index contributed by atoms with van der Waals surface area (Å²) in [5, 5.41) is 18.8. The Kier molecular flexibility index (Phi) is 4.91. The third-order valence-electron chi connectivity index (χ3n) is 2.62. The highest BCUT2D eigenvalue weighted by Crippen LogP contribution is 2.11. The van der Waals surface area contributed by atoms with Crippen LogP contribution >= 0.6 is 0 Å². The van der Waals surface area contributed by atoms with Gasteiger partial charge in [0.15, 0.2) is 5.69 Å². The molecule has 6 nitrogen and oxygen atoms in total. The van der Waals surface area contributed by atoms with Crippen molar-refractivity contribution in [2.45, 2.75) is 32.7 Å². The highest BCUT2D eigenvalue weighted by atomic mass is 16.3. The smallest absolute Gasteiger partial charge is 0.276 e. The fraction of sp³-hybridized carbons (Fsp3) is 0.700. The van der Waals surface area contributed by atoms with Gasteiger partial charge in [0.25, 0.3) is 5.91 Å². The predicted octanol–water partition coefficient (Wildman–Crippen LogP) is 0.428. The average Bonchev–Trinajstić information content (AvgIpc) is 2.82. The Bertz CT molecular complexity index is 309. The molecular weight excluding hydrogens is 208 g/mol. The number of aromatic nitrogens is 3. The summed E-state index contributed by atoms with van der Waals surface area (Å²) in [7, 11) is 0. The number of nitrogens with zero attached hydrogens (tertiary/aromatic N) is 3. The lowest BCUT2D eigenvalue weighted by Gasteiger charge is -2.29. The summed E-state index contributed by atoms with van der Waals surface area (Å²) in [5.41, 5.74) is 0.292. The van der Waals surface area contributed by atoms with Crippen molar-refractivity contribution in [3.05, 3.63) is 11.9 Å². The Balaban J connectivity index is 2.80. The van der Waals surface area contributed by atoms with Gasteiger partial charge in [0.1, 0.15) is 0 Å². The van der Waals surface area contributed by atoms with Crippen molar-refractivity contribution in [2.24, 2.45) is 0 Å².